The predicted molar refractivity (Wildman–Crippen MR) is 80.7 cm³/mol. The lowest BCUT2D eigenvalue weighted by Gasteiger charge is -2.09. The molecule has 0 bridgehead atoms. The van der Waals surface area contributed by atoms with Crippen LogP contribution in [0.5, 0.6) is 0 Å². The van der Waals surface area contributed by atoms with Crippen molar-refractivity contribution in [1.82, 2.24) is 0 Å². The molecule has 0 radical (unpaired) electrons. The maximum atomic E-state index is 12.2. The molecule has 0 fully saturated rings. The quantitative estimate of drug-likeness (QED) is 0.824. The Balaban J connectivity index is 2.29. The average molecular weight is 319 g/mol. The monoisotopic (exact) mass is 319 g/mol. The summed E-state index contributed by atoms with van der Waals surface area (Å²) in [6.07, 6.45) is 0. The second kappa shape index (κ2) is 5.98. The number of carbonyl (C=O) groups excluding carboxylic acids is 1. The van der Waals surface area contributed by atoms with Gasteiger partial charge in [0.25, 0.3) is 10.0 Å². The van der Waals surface area contributed by atoms with Crippen molar-refractivity contribution >= 4 is 27.5 Å². The summed E-state index contributed by atoms with van der Waals surface area (Å²) in [4.78, 5) is 21.9. The Morgan fingerprint density at radius 1 is 1.00 bits per heavy atom. The minimum Gasteiger partial charge on any atom is -0.478 e. The summed E-state index contributed by atoms with van der Waals surface area (Å²) in [6, 6.07) is 11.0. The molecule has 0 atom stereocenters. The van der Waals surface area contributed by atoms with E-state index in [0.29, 0.717) is 5.56 Å². The first kappa shape index (κ1) is 15.7. The van der Waals surface area contributed by atoms with Gasteiger partial charge in [0, 0.05) is 11.3 Å². The van der Waals surface area contributed by atoms with Gasteiger partial charge in [-0.1, -0.05) is 6.07 Å². The van der Waals surface area contributed by atoms with Gasteiger partial charge in [-0.15, -0.1) is 0 Å². The first-order valence-corrected chi connectivity index (χ1v) is 7.75. The maximum Gasteiger partial charge on any atom is 0.335 e. The summed E-state index contributed by atoms with van der Waals surface area (Å²) >= 11 is 0. The molecule has 7 heteroatoms. The third-order valence-corrected chi connectivity index (χ3v) is 4.31. The summed E-state index contributed by atoms with van der Waals surface area (Å²) in [5, 5.41) is 8.90. The second-order valence-corrected chi connectivity index (χ2v) is 6.25. The van der Waals surface area contributed by atoms with Crippen LogP contribution in [0.25, 0.3) is 0 Å². The third-order valence-electron chi connectivity index (χ3n) is 2.93. The topological polar surface area (TPSA) is 101 Å². The number of rotatable bonds is 5. The van der Waals surface area contributed by atoms with Crippen LogP contribution in [0.2, 0.25) is 0 Å². The Morgan fingerprint density at radius 3 is 2.18 bits per heavy atom. The van der Waals surface area contributed by atoms with Gasteiger partial charge in [0.05, 0.1) is 10.5 Å². The highest BCUT2D eigenvalue weighted by atomic mass is 32.2. The normalized spacial score (nSPS) is 11.0. The van der Waals surface area contributed by atoms with E-state index < -0.39 is 16.0 Å². The predicted octanol–water partition coefficient (Wildman–Crippen LogP) is 2.39. The number of carboxylic acid groups (broad SMARTS) is 1. The number of nitrogens with one attached hydrogen (secondary N) is 1. The SMILES string of the molecule is CC(=O)c1ccc(NS(=O)(=O)c2cccc(C(=O)O)c2)cc1. The number of anilines is 1. The Labute approximate surface area is 127 Å². The first-order valence-electron chi connectivity index (χ1n) is 6.27. The molecule has 2 aromatic carbocycles. The molecular weight excluding hydrogens is 306 g/mol. The molecule has 6 nitrogen and oxygen atoms in total. The summed E-state index contributed by atoms with van der Waals surface area (Å²) in [5.74, 6) is -1.33. The molecule has 0 aliphatic rings. The molecule has 2 rings (SSSR count). The van der Waals surface area contributed by atoms with Gasteiger partial charge in [-0.25, -0.2) is 13.2 Å². The number of sulfonamides is 1. The number of Topliss-reactive ketones (excluding diaryl/α,β-unsaturated/α-hetero) is 1. The van der Waals surface area contributed by atoms with Gasteiger partial charge in [-0.2, -0.15) is 0 Å². The van der Waals surface area contributed by atoms with Crippen molar-refractivity contribution in [3.8, 4) is 0 Å². The van der Waals surface area contributed by atoms with E-state index in [0.717, 1.165) is 6.07 Å². The van der Waals surface area contributed by atoms with Crippen molar-refractivity contribution in [3.05, 3.63) is 59.7 Å². The molecule has 0 amide bonds. The summed E-state index contributed by atoms with van der Waals surface area (Å²) in [6.45, 7) is 1.41. The van der Waals surface area contributed by atoms with E-state index >= 15 is 0 Å². The van der Waals surface area contributed by atoms with Crippen LogP contribution in [0.15, 0.2) is 53.4 Å². The number of hydrogen-bond acceptors (Lipinski definition) is 4. The largest absolute Gasteiger partial charge is 0.478 e. The van der Waals surface area contributed by atoms with Crippen molar-refractivity contribution < 1.29 is 23.1 Å². The molecule has 114 valence electrons. The van der Waals surface area contributed by atoms with E-state index in [1.807, 2.05) is 0 Å². The van der Waals surface area contributed by atoms with Crippen LogP contribution in [0.3, 0.4) is 0 Å². The molecule has 0 spiro atoms. The average Bonchev–Trinajstić information content (AvgIpc) is 2.47. The number of carboxylic acids is 1. The number of aromatic carboxylic acids is 1. The third kappa shape index (κ3) is 3.50. The van der Waals surface area contributed by atoms with Crippen molar-refractivity contribution in [2.24, 2.45) is 0 Å². The molecule has 22 heavy (non-hydrogen) atoms. The highest BCUT2D eigenvalue weighted by Crippen LogP contribution is 2.18. The number of hydrogen-bond donors (Lipinski definition) is 2. The maximum absolute atomic E-state index is 12.2. The van der Waals surface area contributed by atoms with Gasteiger partial charge >= 0.3 is 5.97 Å². The molecular formula is C15H13NO5S. The van der Waals surface area contributed by atoms with E-state index in [1.54, 1.807) is 0 Å². The molecule has 0 heterocycles. The summed E-state index contributed by atoms with van der Waals surface area (Å²) in [5.41, 5.74) is 0.636. The lowest BCUT2D eigenvalue weighted by atomic mass is 10.1. The van der Waals surface area contributed by atoms with Crippen molar-refractivity contribution in [2.45, 2.75) is 11.8 Å². The molecule has 0 aromatic heterocycles. The van der Waals surface area contributed by atoms with Crippen molar-refractivity contribution in [3.63, 3.8) is 0 Å². The van der Waals surface area contributed by atoms with Gasteiger partial charge in [-0.05, 0) is 49.4 Å². The highest BCUT2D eigenvalue weighted by Gasteiger charge is 2.16. The van der Waals surface area contributed by atoms with Gasteiger partial charge < -0.3 is 5.11 Å². The highest BCUT2D eigenvalue weighted by molar-refractivity contribution is 7.92. The zero-order valence-electron chi connectivity index (χ0n) is 11.6. The Bertz CT molecular complexity index is 825. The molecule has 2 N–H and O–H groups in total. The lowest BCUT2D eigenvalue weighted by Crippen LogP contribution is -2.13. The van der Waals surface area contributed by atoms with Crippen LogP contribution in [0.4, 0.5) is 5.69 Å². The zero-order valence-corrected chi connectivity index (χ0v) is 12.4. The lowest BCUT2D eigenvalue weighted by molar-refractivity contribution is 0.0696. The molecule has 0 aliphatic heterocycles. The van der Waals surface area contributed by atoms with E-state index in [4.69, 9.17) is 5.11 Å². The van der Waals surface area contributed by atoms with Crippen molar-refractivity contribution in [1.29, 1.82) is 0 Å². The van der Waals surface area contributed by atoms with Gasteiger partial charge in [0.15, 0.2) is 5.78 Å². The van der Waals surface area contributed by atoms with E-state index in [1.165, 1.54) is 49.4 Å². The van der Waals surface area contributed by atoms with E-state index in [-0.39, 0.29) is 21.9 Å². The first-order chi connectivity index (χ1) is 10.3. The summed E-state index contributed by atoms with van der Waals surface area (Å²) in [7, 11) is -3.90. The minimum atomic E-state index is -3.90. The minimum absolute atomic E-state index is 0.116. The molecule has 0 aliphatic carbocycles. The van der Waals surface area contributed by atoms with Crippen LogP contribution >= 0.6 is 0 Å². The van der Waals surface area contributed by atoms with Crippen LogP contribution < -0.4 is 4.72 Å². The molecule has 0 unspecified atom stereocenters. The fourth-order valence-corrected chi connectivity index (χ4v) is 2.89. The van der Waals surface area contributed by atoms with Crippen molar-refractivity contribution in [2.75, 3.05) is 4.72 Å². The Hall–Kier alpha value is -2.67. The van der Waals surface area contributed by atoms with Crippen LogP contribution in [0, 0.1) is 0 Å². The fourth-order valence-electron chi connectivity index (χ4n) is 1.78. The van der Waals surface area contributed by atoms with Gasteiger partial charge in [0.2, 0.25) is 0 Å². The smallest absolute Gasteiger partial charge is 0.335 e. The molecule has 0 saturated carbocycles. The summed E-state index contributed by atoms with van der Waals surface area (Å²) < 4.78 is 26.8. The van der Waals surface area contributed by atoms with Gasteiger partial charge in [0.1, 0.15) is 0 Å². The van der Waals surface area contributed by atoms with Gasteiger partial charge in [-0.3, -0.25) is 9.52 Å². The fraction of sp³-hybridized carbons (Fsp3) is 0.0667. The van der Waals surface area contributed by atoms with Crippen LogP contribution in [0.1, 0.15) is 27.6 Å². The number of ketones is 1. The Kier molecular flexibility index (Phi) is 4.27. The second-order valence-electron chi connectivity index (χ2n) is 4.57. The number of carbonyl (C=O) groups is 2. The standard InChI is InChI=1S/C15H13NO5S/c1-10(17)11-5-7-13(8-6-11)16-22(20,21)14-4-2-3-12(9-14)15(18)19/h2-9,16H,1H3,(H,18,19). The zero-order chi connectivity index (χ0) is 16.3. The number of benzene rings is 2. The van der Waals surface area contributed by atoms with Crippen LogP contribution in [-0.4, -0.2) is 25.3 Å². The van der Waals surface area contributed by atoms with E-state index in [2.05, 4.69) is 4.72 Å². The van der Waals surface area contributed by atoms with E-state index in [9.17, 15) is 18.0 Å². The molecule has 0 saturated heterocycles. The van der Waals surface area contributed by atoms with Crippen LogP contribution in [-0.2, 0) is 10.0 Å². The Morgan fingerprint density at radius 2 is 1.64 bits per heavy atom. The molecule has 2 aromatic rings.